The number of hydrogen-bond donors (Lipinski definition) is 1. The third-order valence-corrected chi connectivity index (χ3v) is 3.70. The molecule has 0 unspecified atom stereocenters. The van der Waals surface area contributed by atoms with Gasteiger partial charge in [-0.05, 0) is 31.6 Å². The lowest BCUT2D eigenvalue weighted by molar-refractivity contribution is -0.384. The summed E-state index contributed by atoms with van der Waals surface area (Å²) in [5.74, 6) is 2.05. The van der Waals surface area contributed by atoms with Crippen molar-refractivity contribution in [3.8, 4) is 0 Å². The van der Waals surface area contributed by atoms with Crippen LogP contribution < -0.4 is 10.2 Å². The summed E-state index contributed by atoms with van der Waals surface area (Å²) in [7, 11) is 1.73. The quantitative estimate of drug-likeness (QED) is 0.629. The maximum atomic E-state index is 11.0. The molecule has 0 atom stereocenters. The molecule has 2 aliphatic rings. The molecule has 0 aliphatic heterocycles. The van der Waals surface area contributed by atoms with Gasteiger partial charge in [-0.15, -0.1) is 0 Å². The van der Waals surface area contributed by atoms with E-state index in [1.54, 1.807) is 13.1 Å². The fraction of sp³-hybridized carbons (Fsp3) is 0.615. The number of anilines is 2. The topological polar surface area (TPSA) is 71.3 Å². The van der Waals surface area contributed by atoms with Crippen LogP contribution in [-0.2, 0) is 0 Å². The Balaban J connectivity index is 1.91. The van der Waals surface area contributed by atoms with Crippen LogP contribution in [0.5, 0.6) is 0 Å². The molecule has 6 heteroatoms. The molecule has 0 aromatic carbocycles. The highest BCUT2D eigenvalue weighted by atomic mass is 16.6. The van der Waals surface area contributed by atoms with E-state index >= 15 is 0 Å². The van der Waals surface area contributed by atoms with E-state index in [0.29, 0.717) is 11.9 Å². The summed E-state index contributed by atoms with van der Waals surface area (Å²) < 4.78 is 0. The van der Waals surface area contributed by atoms with Gasteiger partial charge in [-0.3, -0.25) is 10.1 Å². The molecule has 1 aromatic heterocycles. The van der Waals surface area contributed by atoms with Crippen molar-refractivity contribution in [3.05, 3.63) is 22.2 Å². The van der Waals surface area contributed by atoms with Crippen molar-refractivity contribution in [2.75, 3.05) is 23.8 Å². The molecule has 0 amide bonds. The minimum atomic E-state index is -0.353. The first kappa shape index (κ1) is 12.2. The number of nitrogens with one attached hydrogen (secondary N) is 1. The maximum absolute atomic E-state index is 11.0. The molecule has 2 saturated carbocycles. The van der Waals surface area contributed by atoms with Crippen LogP contribution in [-0.4, -0.2) is 29.5 Å². The van der Waals surface area contributed by atoms with Gasteiger partial charge in [0.15, 0.2) is 0 Å². The highest BCUT2D eigenvalue weighted by molar-refractivity contribution is 5.56. The van der Waals surface area contributed by atoms with Crippen molar-refractivity contribution < 1.29 is 4.92 Å². The van der Waals surface area contributed by atoms with Gasteiger partial charge in [0.1, 0.15) is 11.6 Å². The Bertz CT molecular complexity index is 497. The predicted octanol–water partition coefficient (Wildman–Crippen LogP) is 2.41. The summed E-state index contributed by atoms with van der Waals surface area (Å²) in [4.78, 5) is 17.4. The van der Waals surface area contributed by atoms with Gasteiger partial charge in [0, 0.05) is 19.6 Å². The number of hydrogen-bond acceptors (Lipinski definition) is 5. The third kappa shape index (κ3) is 2.77. The first-order chi connectivity index (χ1) is 9.17. The van der Waals surface area contributed by atoms with Crippen molar-refractivity contribution >= 4 is 17.3 Å². The third-order valence-electron chi connectivity index (χ3n) is 3.70. The molecule has 1 N–H and O–H groups in total. The Kier molecular flexibility index (Phi) is 3.00. The highest BCUT2D eigenvalue weighted by Crippen LogP contribution is 2.38. The standard InChI is InChI=1S/C13H18N4O2/c1-14-12-6-11(17(18)19)7-13(15-12)16(10-4-5-10)8-9-2-3-9/h6-7,9-10H,2-5,8H2,1H3,(H,14,15). The SMILES string of the molecule is CNc1cc([N+](=O)[O-])cc(N(CC2CC2)C2CC2)n1. The largest absolute Gasteiger partial charge is 0.373 e. The van der Waals surface area contributed by atoms with Crippen LogP contribution in [0, 0.1) is 16.0 Å². The van der Waals surface area contributed by atoms with Crippen LogP contribution in [0.3, 0.4) is 0 Å². The molecule has 3 rings (SSSR count). The lowest BCUT2D eigenvalue weighted by Crippen LogP contribution is -2.29. The molecule has 1 heterocycles. The normalized spacial score (nSPS) is 18.2. The van der Waals surface area contributed by atoms with E-state index in [9.17, 15) is 10.1 Å². The number of aromatic nitrogens is 1. The number of rotatable bonds is 6. The van der Waals surface area contributed by atoms with E-state index in [0.717, 1.165) is 18.3 Å². The van der Waals surface area contributed by atoms with Crippen molar-refractivity contribution in [2.24, 2.45) is 5.92 Å². The minimum absolute atomic E-state index is 0.107. The molecule has 0 spiro atoms. The van der Waals surface area contributed by atoms with Gasteiger partial charge in [-0.25, -0.2) is 4.98 Å². The highest BCUT2D eigenvalue weighted by Gasteiger charge is 2.35. The second kappa shape index (κ2) is 4.68. The van der Waals surface area contributed by atoms with Crippen LogP contribution >= 0.6 is 0 Å². The second-order valence-electron chi connectivity index (χ2n) is 5.40. The van der Waals surface area contributed by atoms with Gasteiger partial charge < -0.3 is 10.2 Å². The molecule has 19 heavy (non-hydrogen) atoms. The van der Waals surface area contributed by atoms with Crippen molar-refractivity contribution in [2.45, 2.75) is 31.7 Å². The average Bonchev–Trinajstić information content (AvgIpc) is 3.27. The van der Waals surface area contributed by atoms with E-state index in [1.807, 2.05) is 0 Å². The Hall–Kier alpha value is -1.85. The zero-order chi connectivity index (χ0) is 13.4. The van der Waals surface area contributed by atoms with Gasteiger partial charge in [-0.2, -0.15) is 0 Å². The Morgan fingerprint density at radius 2 is 2.16 bits per heavy atom. The number of pyridine rings is 1. The smallest absolute Gasteiger partial charge is 0.276 e. The Labute approximate surface area is 112 Å². The average molecular weight is 262 g/mol. The second-order valence-corrected chi connectivity index (χ2v) is 5.40. The van der Waals surface area contributed by atoms with Gasteiger partial charge in [0.25, 0.3) is 5.69 Å². The van der Waals surface area contributed by atoms with E-state index < -0.39 is 0 Å². The summed E-state index contributed by atoms with van der Waals surface area (Å²) in [6.07, 6.45) is 4.89. The summed E-state index contributed by atoms with van der Waals surface area (Å²) >= 11 is 0. The van der Waals surface area contributed by atoms with Crippen molar-refractivity contribution in [3.63, 3.8) is 0 Å². The molecule has 0 bridgehead atoms. The van der Waals surface area contributed by atoms with Crippen LogP contribution in [0.25, 0.3) is 0 Å². The monoisotopic (exact) mass is 262 g/mol. The van der Waals surface area contributed by atoms with Crippen molar-refractivity contribution in [1.82, 2.24) is 4.98 Å². The van der Waals surface area contributed by atoms with Crippen LogP contribution in [0.4, 0.5) is 17.3 Å². The van der Waals surface area contributed by atoms with Crippen LogP contribution in [0.15, 0.2) is 12.1 Å². The van der Waals surface area contributed by atoms with Crippen molar-refractivity contribution in [1.29, 1.82) is 0 Å². The molecule has 2 fully saturated rings. The van der Waals surface area contributed by atoms with E-state index in [-0.39, 0.29) is 10.6 Å². The fourth-order valence-corrected chi connectivity index (χ4v) is 2.28. The summed E-state index contributed by atoms with van der Waals surface area (Å²) in [5.41, 5.74) is 0.107. The van der Waals surface area contributed by atoms with Gasteiger partial charge in [-0.1, -0.05) is 0 Å². The molecule has 0 saturated heterocycles. The van der Waals surface area contributed by atoms with E-state index in [1.165, 1.54) is 31.7 Å². The first-order valence-electron chi connectivity index (χ1n) is 6.78. The minimum Gasteiger partial charge on any atom is -0.373 e. The van der Waals surface area contributed by atoms with Crippen LogP contribution in [0.2, 0.25) is 0 Å². The number of nitrogens with zero attached hydrogens (tertiary/aromatic N) is 3. The lowest BCUT2D eigenvalue weighted by Gasteiger charge is -2.23. The fourth-order valence-electron chi connectivity index (χ4n) is 2.28. The maximum Gasteiger partial charge on any atom is 0.276 e. The predicted molar refractivity (Wildman–Crippen MR) is 73.5 cm³/mol. The van der Waals surface area contributed by atoms with Gasteiger partial charge in [0.05, 0.1) is 17.1 Å². The molecule has 1 aromatic rings. The Morgan fingerprint density at radius 3 is 2.68 bits per heavy atom. The zero-order valence-electron chi connectivity index (χ0n) is 11.0. The zero-order valence-corrected chi connectivity index (χ0v) is 11.0. The molecule has 102 valence electrons. The van der Waals surface area contributed by atoms with E-state index in [4.69, 9.17) is 0 Å². The lowest BCUT2D eigenvalue weighted by atomic mass is 10.3. The summed E-state index contributed by atoms with van der Waals surface area (Å²) in [6, 6.07) is 3.60. The first-order valence-corrected chi connectivity index (χ1v) is 6.78. The van der Waals surface area contributed by atoms with Gasteiger partial charge in [0.2, 0.25) is 0 Å². The molecule has 2 aliphatic carbocycles. The molecular formula is C13H18N4O2. The Morgan fingerprint density at radius 1 is 1.42 bits per heavy atom. The van der Waals surface area contributed by atoms with Gasteiger partial charge >= 0.3 is 0 Å². The summed E-state index contributed by atoms with van der Waals surface area (Å²) in [5, 5.41) is 13.9. The summed E-state index contributed by atoms with van der Waals surface area (Å²) in [6.45, 7) is 0.988. The molecular weight excluding hydrogens is 244 g/mol. The van der Waals surface area contributed by atoms with E-state index in [2.05, 4.69) is 15.2 Å². The van der Waals surface area contributed by atoms with Crippen LogP contribution in [0.1, 0.15) is 25.7 Å². The molecule has 0 radical (unpaired) electrons. The molecule has 6 nitrogen and oxygen atoms in total. The number of nitro groups is 1.